The number of ether oxygens (including phenoxy) is 2. The number of methoxy groups -OCH3 is 1. The molecule has 3 heterocycles. The average molecular weight is 607 g/mol. The number of benzene rings is 1. The summed E-state index contributed by atoms with van der Waals surface area (Å²) in [6, 6.07) is 11.0. The number of nitrogens with one attached hydrogen (secondary N) is 2. The highest BCUT2D eigenvalue weighted by Crippen LogP contribution is 2.39. The van der Waals surface area contributed by atoms with Crippen molar-refractivity contribution in [3.63, 3.8) is 0 Å². The van der Waals surface area contributed by atoms with Gasteiger partial charge < -0.3 is 30.7 Å². The minimum Gasteiger partial charge on any atom is -0.453 e. The standard InChI is InChI=1S/C31H35FN6O4S/c1-18(2)28(33)30(39)38(12-13-41-3)17-19-4-8-23(35-16-19)27-15-24-29(43-27)26(10-11-34-24)42-25-9-7-21(14-22(25)32)37-31(40)36-20-5-6-20/h4,7-11,14-16,18,20,28H,5-6,12-13,17,33H2,1-3H3,(H2,36,37,40)/t28-/m1/s1. The van der Waals surface area contributed by atoms with E-state index in [-0.39, 0.29) is 29.6 Å². The summed E-state index contributed by atoms with van der Waals surface area (Å²) in [6.07, 6.45) is 5.28. The first-order valence-corrected chi connectivity index (χ1v) is 15.0. The van der Waals surface area contributed by atoms with E-state index in [1.807, 2.05) is 32.0 Å². The number of anilines is 1. The van der Waals surface area contributed by atoms with Crippen LogP contribution in [0.4, 0.5) is 14.9 Å². The van der Waals surface area contributed by atoms with Gasteiger partial charge in [-0.15, -0.1) is 11.3 Å². The lowest BCUT2D eigenvalue weighted by Gasteiger charge is -2.27. The van der Waals surface area contributed by atoms with Crippen molar-refractivity contribution in [3.8, 4) is 22.1 Å². The highest BCUT2D eigenvalue weighted by Gasteiger charge is 2.24. The second-order valence-electron chi connectivity index (χ2n) is 10.8. The highest BCUT2D eigenvalue weighted by atomic mass is 32.1. The van der Waals surface area contributed by atoms with Gasteiger partial charge in [0.1, 0.15) is 5.75 Å². The van der Waals surface area contributed by atoms with Crippen molar-refractivity contribution in [2.45, 2.75) is 45.3 Å². The molecule has 1 saturated carbocycles. The lowest BCUT2D eigenvalue weighted by Crippen LogP contribution is -2.47. The second-order valence-corrected chi connectivity index (χ2v) is 11.9. The van der Waals surface area contributed by atoms with Crippen molar-refractivity contribution in [1.29, 1.82) is 0 Å². The fraction of sp³-hybridized carbons (Fsp3) is 0.355. The monoisotopic (exact) mass is 606 g/mol. The Labute approximate surface area is 253 Å². The molecule has 5 rings (SSSR count). The largest absolute Gasteiger partial charge is 0.453 e. The predicted octanol–water partition coefficient (Wildman–Crippen LogP) is 5.53. The molecule has 0 radical (unpaired) electrons. The Morgan fingerprint density at radius 2 is 1.95 bits per heavy atom. The molecule has 1 aliphatic carbocycles. The van der Waals surface area contributed by atoms with E-state index in [0.717, 1.165) is 33.7 Å². The third-order valence-electron chi connectivity index (χ3n) is 7.03. The van der Waals surface area contributed by atoms with Crippen LogP contribution in [0.3, 0.4) is 0 Å². The Kier molecular flexibility index (Phi) is 9.49. The molecule has 3 amide bonds. The molecule has 1 aliphatic rings. The zero-order valence-corrected chi connectivity index (χ0v) is 25.1. The van der Waals surface area contributed by atoms with Crippen LogP contribution in [-0.2, 0) is 16.1 Å². The molecule has 1 aromatic carbocycles. The van der Waals surface area contributed by atoms with Gasteiger partial charge in [0.15, 0.2) is 11.6 Å². The van der Waals surface area contributed by atoms with Crippen LogP contribution in [0, 0.1) is 11.7 Å². The number of carbonyl (C=O) groups excluding carboxylic acids is 2. The molecule has 4 aromatic rings. The molecule has 4 N–H and O–H groups in total. The molecule has 0 aliphatic heterocycles. The van der Waals surface area contributed by atoms with Gasteiger partial charge in [0, 0.05) is 56.5 Å². The molecular weight excluding hydrogens is 571 g/mol. The van der Waals surface area contributed by atoms with E-state index in [9.17, 15) is 14.0 Å². The average Bonchev–Trinajstić information content (AvgIpc) is 3.69. The second kappa shape index (κ2) is 13.4. The molecule has 1 atom stereocenters. The van der Waals surface area contributed by atoms with Gasteiger partial charge in [-0.25, -0.2) is 9.18 Å². The van der Waals surface area contributed by atoms with Crippen molar-refractivity contribution in [2.24, 2.45) is 11.7 Å². The normalized spacial score (nSPS) is 13.6. The zero-order chi connectivity index (χ0) is 30.5. The number of pyridine rings is 2. The number of halogens is 1. The summed E-state index contributed by atoms with van der Waals surface area (Å²) in [6.45, 7) is 5.05. The topological polar surface area (TPSA) is 132 Å². The lowest BCUT2D eigenvalue weighted by molar-refractivity contribution is -0.134. The number of nitrogens with two attached hydrogens (primary N) is 1. The maximum atomic E-state index is 14.9. The number of fused-ring (bicyclic) bond motifs is 1. The Balaban J connectivity index is 1.29. The van der Waals surface area contributed by atoms with Gasteiger partial charge in [0.05, 0.1) is 33.4 Å². The predicted molar refractivity (Wildman–Crippen MR) is 165 cm³/mol. The maximum absolute atomic E-state index is 14.9. The zero-order valence-electron chi connectivity index (χ0n) is 24.3. The Morgan fingerprint density at radius 3 is 2.63 bits per heavy atom. The minimum absolute atomic E-state index is 0.0196. The van der Waals surface area contributed by atoms with Gasteiger partial charge in [-0.1, -0.05) is 19.9 Å². The first-order chi connectivity index (χ1) is 20.7. The van der Waals surface area contributed by atoms with Crippen LogP contribution < -0.4 is 21.1 Å². The molecule has 0 bridgehead atoms. The Bertz CT molecular complexity index is 1590. The number of thiophene rings is 1. The van der Waals surface area contributed by atoms with Gasteiger partial charge in [-0.3, -0.25) is 14.8 Å². The number of carbonyl (C=O) groups is 2. The van der Waals surface area contributed by atoms with Crippen molar-refractivity contribution in [2.75, 3.05) is 25.6 Å². The quantitative estimate of drug-likeness (QED) is 0.193. The van der Waals surface area contributed by atoms with Crippen LogP contribution in [0.1, 0.15) is 32.3 Å². The van der Waals surface area contributed by atoms with E-state index in [4.69, 9.17) is 15.2 Å². The summed E-state index contributed by atoms with van der Waals surface area (Å²) in [4.78, 5) is 36.6. The number of aromatic nitrogens is 2. The lowest BCUT2D eigenvalue weighted by atomic mass is 10.0. The minimum atomic E-state index is -0.601. The highest BCUT2D eigenvalue weighted by molar-refractivity contribution is 7.22. The van der Waals surface area contributed by atoms with Crippen LogP contribution in [-0.4, -0.2) is 59.2 Å². The van der Waals surface area contributed by atoms with Crippen LogP contribution in [0.5, 0.6) is 11.5 Å². The fourth-order valence-electron chi connectivity index (χ4n) is 4.33. The van der Waals surface area contributed by atoms with Crippen molar-refractivity contribution >= 4 is 39.2 Å². The van der Waals surface area contributed by atoms with Crippen LogP contribution in [0.15, 0.2) is 54.9 Å². The summed E-state index contributed by atoms with van der Waals surface area (Å²) in [5.74, 6) is -0.219. The number of rotatable bonds is 12. The van der Waals surface area contributed by atoms with E-state index >= 15 is 0 Å². The van der Waals surface area contributed by atoms with E-state index in [2.05, 4.69) is 20.6 Å². The van der Waals surface area contributed by atoms with Gasteiger partial charge in [-0.2, -0.15) is 0 Å². The molecule has 12 heteroatoms. The van der Waals surface area contributed by atoms with Gasteiger partial charge in [0.2, 0.25) is 5.91 Å². The van der Waals surface area contributed by atoms with Crippen molar-refractivity contribution < 1.29 is 23.5 Å². The number of urea groups is 1. The number of hydrogen-bond donors (Lipinski definition) is 3. The number of hydrogen-bond acceptors (Lipinski definition) is 8. The van der Waals surface area contributed by atoms with Crippen LogP contribution in [0.25, 0.3) is 20.8 Å². The van der Waals surface area contributed by atoms with E-state index < -0.39 is 11.9 Å². The SMILES string of the molecule is COCCN(Cc1ccc(-c2cc3nccc(Oc4ccc(NC(=O)NC5CC5)cc4F)c3s2)nc1)C(=O)[C@H](N)C(C)C. The summed E-state index contributed by atoms with van der Waals surface area (Å²) in [5, 5.41) is 5.45. The third kappa shape index (κ3) is 7.64. The maximum Gasteiger partial charge on any atom is 0.319 e. The first-order valence-electron chi connectivity index (χ1n) is 14.1. The summed E-state index contributed by atoms with van der Waals surface area (Å²) < 4.78 is 26.8. The third-order valence-corrected chi connectivity index (χ3v) is 8.19. The van der Waals surface area contributed by atoms with Crippen LogP contribution in [0.2, 0.25) is 0 Å². The molecule has 3 aromatic heterocycles. The molecule has 10 nitrogen and oxygen atoms in total. The summed E-state index contributed by atoms with van der Waals surface area (Å²) in [5.41, 5.74) is 8.76. The van der Waals surface area contributed by atoms with Gasteiger partial charge in [-0.05, 0) is 48.6 Å². The van der Waals surface area contributed by atoms with Crippen molar-refractivity contribution in [3.05, 3.63) is 66.2 Å². The van der Waals surface area contributed by atoms with E-state index in [1.165, 1.54) is 23.5 Å². The van der Waals surface area contributed by atoms with E-state index in [0.29, 0.717) is 36.6 Å². The van der Waals surface area contributed by atoms with Crippen LogP contribution >= 0.6 is 11.3 Å². The summed E-state index contributed by atoms with van der Waals surface area (Å²) >= 11 is 1.43. The molecule has 43 heavy (non-hydrogen) atoms. The van der Waals surface area contributed by atoms with Gasteiger partial charge >= 0.3 is 6.03 Å². The number of amides is 3. The Morgan fingerprint density at radius 1 is 1.14 bits per heavy atom. The first kappa shape index (κ1) is 30.3. The molecule has 226 valence electrons. The number of nitrogens with zero attached hydrogens (tertiary/aromatic N) is 3. The van der Waals surface area contributed by atoms with Gasteiger partial charge in [0.25, 0.3) is 0 Å². The summed E-state index contributed by atoms with van der Waals surface area (Å²) in [7, 11) is 1.60. The van der Waals surface area contributed by atoms with E-state index in [1.54, 1.807) is 36.5 Å². The fourth-order valence-corrected chi connectivity index (χ4v) is 5.37. The van der Waals surface area contributed by atoms with Crippen molar-refractivity contribution in [1.82, 2.24) is 20.2 Å². The molecule has 0 unspecified atom stereocenters. The Hall–Kier alpha value is -4.13. The molecular formula is C31H35FN6O4S. The molecule has 0 spiro atoms. The smallest absolute Gasteiger partial charge is 0.319 e. The molecule has 0 saturated heterocycles. The molecule has 1 fully saturated rings.